The Labute approximate surface area is 78.8 Å². The average molecular weight is 203 g/mol. The summed E-state index contributed by atoms with van der Waals surface area (Å²) in [5, 5.41) is 8.40. The summed E-state index contributed by atoms with van der Waals surface area (Å²) in [5.74, 6) is 0. The lowest BCUT2D eigenvalue weighted by molar-refractivity contribution is 0.150. The van der Waals surface area contributed by atoms with Crippen molar-refractivity contribution < 1.29 is 8.78 Å². The molecule has 0 aliphatic heterocycles. The highest BCUT2D eigenvalue weighted by Crippen LogP contribution is 2.30. The SMILES string of the molecule is Cc1cnc(C#N)c(C(F)F)c1Cl. The summed E-state index contributed by atoms with van der Waals surface area (Å²) in [7, 11) is 0. The minimum atomic E-state index is -2.77. The molecule has 0 atom stereocenters. The number of hydrogen-bond acceptors (Lipinski definition) is 2. The van der Waals surface area contributed by atoms with Gasteiger partial charge in [-0.15, -0.1) is 0 Å². The zero-order valence-electron chi connectivity index (χ0n) is 6.68. The van der Waals surface area contributed by atoms with Gasteiger partial charge in [0.25, 0.3) is 6.43 Å². The van der Waals surface area contributed by atoms with Crippen LogP contribution in [0.3, 0.4) is 0 Å². The molecule has 13 heavy (non-hydrogen) atoms. The largest absolute Gasteiger partial charge is 0.268 e. The molecule has 2 nitrogen and oxygen atoms in total. The number of nitrogens with zero attached hydrogens (tertiary/aromatic N) is 2. The van der Waals surface area contributed by atoms with Crippen molar-refractivity contribution in [2.45, 2.75) is 13.3 Å². The molecule has 1 rings (SSSR count). The highest BCUT2D eigenvalue weighted by molar-refractivity contribution is 6.32. The van der Waals surface area contributed by atoms with E-state index in [1.165, 1.54) is 6.20 Å². The third kappa shape index (κ3) is 1.76. The van der Waals surface area contributed by atoms with Crippen molar-refractivity contribution in [2.75, 3.05) is 0 Å². The molecule has 0 saturated carbocycles. The summed E-state index contributed by atoms with van der Waals surface area (Å²) >= 11 is 5.60. The number of pyridine rings is 1. The maximum atomic E-state index is 12.4. The van der Waals surface area contributed by atoms with Gasteiger partial charge in [0, 0.05) is 6.20 Å². The average Bonchev–Trinajstić information content (AvgIpc) is 2.08. The highest BCUT2D eigenvalue weighted by Gasteiger charge is 2.19. The zero-order chi connectivity index (χ0) is 10.0. The van der Waals surface area contributed by atoms with E-state index in [9.17, 15) is 8.78 Å². The standard InChI is InChI=1S/C8H5ClF2N2/c1-4-3-13-5(2-12)6(7(4)9)8(10)11/h3,8H,1H3. The van der Waals surface area contributed by atoms with Gasteiger partial charge in [0.1, 0.15) is 6.07 Å². The van der Waals surface area contributed by atoms with Crippen LogP contribution in [0.2, 0.25) is 5.02 Å². The van der Waals surface area contributed by atoms with E-state index >= 15 is 0 Å². The van der Waals surface area contributed by atoms with Crippen molar-refractivity contribution in [2.24, 2.45) is 0 Å². The molecular formula is C8H5ClF2N2. The lowest BCUT2D eigenvalue weighted by Crippen LogP contribution is -1.97. The normalized spacial score (nSPS) is 10.2. The van der Waals surface area contributed by atoms with Crippen LogP contribution in [0.5, 0.6) is 0 Å². The molecule has 0 radical (unpaired) electrons. The molecule has 0 fully saturated rings. The first-order valence-electron chi connectivity index (χ1n) is 3.41. The molecule has 0 unspecified atom stereocenters. The topological polar surface area (TPSA) is 36.7 Å². The minimum absolute atomic E-state index is 0.0819. The van der Waals surface area contributed by atoms with Gasteiger partial charge < -0.3 is 0 Å². The van der Waals surface area contributed by atoms with Gasteiger partial charge in [0.15, 0.2) is 5.69 Å². The van der Waals surface area contributed by atoms with Gasteiger partial charge in [-0.3, -0.25) is 0 Å². The van der Waals surface area contributed by atoms with E-state index in [-0.39, 0.29) is 10.7 Å². The van der Waals surface area contributed by atoms with Gasteiger partial charge in [0.2, 0.25) is 0 Å². The fourth-order valence-electron chi connectivity index (χ4n) is 0.892. The first-order chi connectivity index (χ1) is 6.07. The second kappa shape index (κ2) is 3.67. The van der Waals surface area contributed by atoms with Gasteiger partial charge in [0.05, 0.1) is 10.6 Å². The number of halogens is 3. The molecule has 5 heteroatoms. The van der Waals surface area contributed by atoms with Gasteiger partial charge in [-0.2, -0.15) is 5.26 Å². The van der Waals surface area contributed by atoms with Crippen molar-refractivity contribution in [3.8, 4) is 6.07 Å². The zero-order valence-corrected chi connectivity index (χ0v) is 7.44. The van der Waals surface area contributed by atoms with E-state index in [1.54, 1.807) is 13.0 Å². The fraction of sp³-hybridized carbons (Fsp3) is 0.250. The van der Waals surface area contributed by atoms with Crippen molar-refractivity contribution >= 4 is 11.6 Å². The van der Waals surface area contributed by atoms with Crippen LogP contribution in [-0.4, -0.2) is 4.98 Å². The van der Waals surface area contributed by atoms with Crippen LogP contribution in [0.15, 0.2) is 6.20 Å². The molecule has 0 aliphatic carbocycles. The van der Waals surface area contributed by atoms with Crippen LogP contribution >= 0.6 is 11.6 Å². The molecule has 0 spiro atoms. The van der Waals surface area contributed by atoms with Gasteiger partial charge >= 0.3 is 0 Å². The maximum Gasteiger partial charge on any atom is 0.268 e. The maximum absolute atomic E-state index is 12.4. The van der Waals surface area contributed by atoms with Crippen molar-refractivity contribution in [1.82, 2.24) is 4.98 Å². The van der Waals surface area contributed by atoms with Crippen LogP contribution in [0.1, 0.15) is 23.2 Å². The number of rotatable bonds is 1. The Morgan fingerprint density at radius 2 is 2.23 bits per heavy atom. The Balaban J connectivity index is 3.43. The van der Waals surface area contributed by atoms with Gasteiger partial charge in [-0.1, -0.05) is 11.6 Å². The summed E-state index contributed by atoms with van der Waals surface area (Å²) in [5.41, 5.74) is -0.356. The predicted octanol–water partition coefficient (Wildman–Crippen LogP) is 2.85. The molecule has 68 valence electrons. The van der Waals surface area contributed by atoms with Crippen LogP contribution in [0, 0.1) is 18.3 Å². The Morgan fingerprint density at radius 3 is 2.69 bits per heavy atom. The lowest BCUT2D eigenvalue weighted by Gasteiger charge is -2.06. The van der Waals surface area contributed by atoms with E-state index in [2.05, 4.69) is 4.98 Å². The van der Waals surface area contributed by atoms with Crippen LogP contribution in [0.4, 0.5) is 8.78 Å². The Bertz CT molecular complexity index is 371. The molecule has 1 aromatic heterocycles. The highest BCUT2D eigenvalue weighted by atomic mass is 35.5. The van der Waals surface area contributed by atoms with E-state index < -0.39 is 12.0 Å². The molecule has 0 aromatic carbocycles. The fourth-order valence-corrected chi connectivity index (χ4v) is 1.11. The van der Waals surface area contributed by atoms with Crippen LogP contribution < -0.4 is 0 Å². The molecule has 0 aliphatic rings. The number of aryl methyl sites for hydroxylation is 1. The summed E-state index contributed by atoms with van der Waals surface area (Å²) < 4.78 is 24.8. The quantitative estimate of drug-likeness (QED) is 0.702. The Morgan fingerprint density at radius 1 is 1.62 bits per heavy atom. The summed E-state index contributed by atoms with van der Waals surface area (Å²) in [6, 6.07) is 1.57. The Hall–Kier alpha value is -1.21. The molecule has 0 bridgehead atoms. The number of nitriles is 1. The van der Waals surface area contributed by atoms with Crippen molar-refractivity contribution in [1.29, 1.82) is 5.26 Å². The molecular weight excluding hydrogens is 198 g/mol. The summed E-state index contributed by atoms with van der Waals surface area (Å²) in [6.07, 6.45) is -1.47. The predicted molar refractivity (Wildman–Crippen MR) is 43.7 cm³/mol. The van der Waals surface area contributed by atoms with Crippen molar-refractivity contribution in [3.05, 3.63) is 28.0 Å². The van der Waals surface area contributed by atoms with E-state index in [4.69, 9.17) is 16.9 Å². The van der Waals surface area contributed by atoms with Crippen LogP contribution in [0.25, 0.3) is 0 Å². The van der Waals surface area contributed by atoms with Gasteiger partial charge in [-0.25, -0.2) is 13.8 Å². The minimum Gasteiger partial charge on any atom is -0.245 e. The number of alkyl halides is 2. The van der Waals surface area contributed by atoms with Crippen molar-refractivity contribution in [3.63, 3.8) is 0 Å². The number of aromatic nitrogens is 1. The molecule has 0 N–H and O–H groups in total. The second-order valence-corrected chi connectivity index (χ2v) is 2.81. The third-order valence-electron chi connectivity index (χ3n) is 1.55. The molecule has 0 saturated heterocycles. The third-order valence-corrected chi connectivity index (χ3v) is 2.05. The summed E-state index contributed by atoms with van der Waals surface area (Å²) in [6.45, 7) is 1.56. The van der Waals surface area contributed by atoms with Crippen LogP contribution in [-0.2, 0) is 0 Å². The molecule has 0 amide bonds. The first kappa shape index (κ1) is 9.87. The smallest absolute Gasteiger partial charge is 0.245 e. The second-order valence-electron chi connectivity index (χ2n) is 2.43. The number of hydrogen-bond donors (Lipinski definition) is 0. The summed E-state index contributed by atoms with van der Waals surface area (Å²) in [4.78, 5) is 3.55. The Kier molecular flexibility index (Phi) is 2.79. The van der Waals surface area contributed by atoms with E-state index in [0.717, 1.165) is 0 Å². The monoisotopic (exact) mass is 202 g/mol. The van der Waals surface area contributed by atoms with E-state index in [0.29, 0.717) is 5.56 Å². The first-order valence-corrected chi connectivity index (χ1v) is 3.79. The molecule has 1 heterocycles. The molecule has 1 aromatic rings. The van der Waals surface area contributed by atoms with E-state index in [1.807, 2.05) is 0 Å². The van der Waals surface area contributed by atoms with Gasteiger partial charge in [-0.05, 0) is 12.5 Å². The lowest BCUT2D eigenvalue weighted by atomic mass is 10.1.